The molecule has 2 bridgehead atoms. The predicted octanol–water partition coefficient (Wildman–Crippen LogP) is 1.68. The lowest BCUT2D eigenvalue weighted by molar-refractivity contribution is -0.149. The zero-order valence-corrected chi connectivity index (χ0v) is 18.8. The molecule has 8 nitrogen and oxygen atoms in total. The number of halogens is 2. The summed E-state index contributed by atoms with van der Waals surface area (Å²) in [7, 11) is 0. The van der Waals surface area contributed by atoms with Crippen LogP contribution in [0.15, 0.2) is 36.9 Å². The van der Waals surface area contributed by atoms with Gasteiger partial charge in [0.25, 0.3) is 5.91 Å². The maximum atomic E-state index is 13.9. The molecule has 0 radical (unpaired) electrons. The number of aliphatic hydroxyl groups is 1. The Balaban J connectivity index is 1.79. The van der Waals surface area contributed by atoms with Gasteiger partial charge in [0, 0.05) is 28.6 Å². The second-order valence-electron chi connectivity index (χ2n) is 7.97. The third-order valence-corrected chi connectivity index (χ3v) is 7.46. The number of carbonyl (C=O) groups is 3. The number of alkyl halides is 1. The molecule has 6 atom stereocenters. The second-order valence-corrected chi connectivity index (χ2v) is 9.58. The molecule has 2 N–H and O–H groups in total. The highest BCUT2D eigenvalue weighted by Gasteiger charge is 2.76. The number of benzene rings is 1. The highest BCUT2D eigenvalue weighted by Crippen LogP contribution is 2.60. The average Bonchev–Trinajstić information content (AvgIpc) is 3.31. The maximum absolute atomic E-state index is 13.9. The van der Waals surface area contributed by atoms with E-state index in [4.69, 9.17) is 16.3 Å². The van der Waals surface area contributed by atoms with E-state index in [9.17, 15) is 24.6 Å². The van der Waals surface area contributed by atoms with Gasteiger partial charge in [-0.3, -0.25) is 14.4 Å². The first-order valence-electron chi connectivity index (χ1n) is 9.90. The minimum Gasteiger partial charge on any atom is -0.481 e. The van der Waals surface area contributed by atoms with Gasteiger partial charge in [-0.05, 0) is 30.7 Å². The van der Waals surface area contributed by atoms with Crippen molar-refractivity contribution in [1.82, 2.24) is 4.90 Å². The van der Waals surface area contributed by atoms with Crippen molar-refractivity contribution in [2.24, 2.45) is 11.8 Å². The van der Waals surface area contributed by atoms with E-state index < -0.39 is 47.4 Å². The van der Waals surface area contributed by atoms with E-state index in [1.165, 1.54) is 9.80 Å². The fourth-order valence-electron chi connectivity index (χ4n) is 5.26. The zero-order chi connectivity index (χ0) is 22.5. The van der Waals surface area contributed by atoms with Crippen molar-refractivity contribution in [3.8, 4) is 0 Å². The minimum atomic E-state index is -1.28. The maximum Gasteiger partial charge on any atom is 0.310 e. The van der Waals surface area contributed by atoms with E-state index in [0.29, 0.717) is 17.1 Å². The van der Waals surface area contributed by atoms with Gasteiger partial charge in [0.1, 0.15) is 11.6 Å². The number of anilines is 1. The summed E-state index contributed by atoms with van der Waals surface area (Å²) in [5.41, 5.74) is -0.722. The number of rotatable bonds is 7. The molecule has 1 unspecified atom stereocenters. The number of likely N-dealkylation sites (tertiary alicyclic amines) is 1. The molecule has 1 aromatic rings. The van der Waals surface area contributed by atoms with Gasteiger partial charge in [0.05, 0.1) is 24.5 Å². The van der Waals surface area contributed by atoms with Gasteiger partial charge in [0.2, 0.25) is 5.91 Å². The molecule has 3 fully saturated rings. The Morgan fingerprint density at radius 3 is 2.65 bits per heavy atom. The summed E-state index contributed by atoms with van der Waals surface area (Å²) >= 11 is 9.47. The molecule has 2 amide bonds. The van der Waals surface area contributed by atoms with Crippen LogP contribution in [0, 0.1) is 11.8 Å². The van der Waals surface area contributed by atoms with E-state index in [1.54, 1.807) is 30.3 Å². The fourth-order valence-corrected chi connectivity index (χ4v) is 6.33. The van der Waals surface area contributed by atoms with Crippen LogP contribution in [-0.4, -0.2) is 75.2 Å². The SMILES string of the molecule is C=CCN(C(=O)[C@H]1N(CCO)C(=O)[C@@H]2[C@@H](C(=O)O)[C@@H]3O[C@@]21CC3Br)c1ccc(Cl)cc1. The summed E-state index contributed by atoms with van der Waals surface area (Å²) in [6.45, 7) is 3.44. The summed E-state index contributed by atoms with van der Waals surface area (Å²) in [6.07, 6.45) is 1.18. The molecule has 10 heteroatoms. The number of fused-ring (bicyclic) bond motifs is 1. The van der Waals surface area contributed by atoms with Crippen molar-refractivity contribution in [3.63, 3.8) is 0 Å². The fraction of sp³-hybridized carbons (Fsp3) is 0.476. The van der Waals surface area contributed by atoms with Crippen LogP contribution in [-0.2, 0) is 19.1 Å². The van der Waals surface area contributed by atoms with E-state index >= 15 is 0 Å². The summed E-state index contributed by atoms with van der Waals surface area (Å²) in [5.74, 6) is -4.07. The third kappa shape index (κ3) is 3.29. The van der Waals surface area contributed by atoms with Crippen molar-refractivity contribution >= 4 is 51.0 Å². The molecule has 3 aliphatic rings. The van der Waals surface area contributed by atoms with Gasteiger partial charge in [0.15, 0.2) is 0 Å². The molecule has 4 rings (SSSR count). The molecule has 166 valence electrons. The first-order chi connectivity index (χ1) is 14.8. The number of carbonyl (C=O) groups excluding carboxylic acids is 2. The third-order valence-electron chi connectivity index (χ3n) is 6.37. The van der Waals surface area contributed by atoms with Crippen molar-refractivity contribution in [2.75, 3.05) is 24.6 Å². The smallest absolute Gasteiger partial charge is 0.310 e. The van der Waals surface area contributed by atoms with Crippen molar-refractivity contribution in [1.29, 1.82) is 0 Å². The molecule has 1 spiro atoms. The predicted molar refractivity (Wildman–Crippen MR) is 116 cm³/mol. The Hall–Kier alpha value is -1.94. The zero-order valence-electron chi connectivity index (χ0n) is 16.5. The van der Waals surface area contributed by atoms with E-state index in [0.717, 1.165) is 0 Å². The molecular formula is C21H22BrClN2O6. The number of nitrogens with zero attached hydrogens (tertiary/aromatic N) is 2. The van der Waals surface area contributed by atoms with Crippen LogP contribution < -0.4 is 4.90 Å². The van der Waals surface area contributed by atoms with Gasteiger partial charge >= 0.3 is 5.97 Å². The number of hydrogen-bond acceptors (Lipinski definition) is 5. The molecule has 3 aliphatic heterocycles. The quantitative estimate of drug-likeness (QED) is 0.424. The number of aliphatic hydroxyl groups excluding tert-OH is 1. The van der Waals surface area contributed by atoms with E-state index in [2.05, 4.69) is 22.5 Å². The number of β-amino-alcohol motifs (C(OH)–C–C–N with tert-alkyl or cyclic N) is 1. The van der Waals surface area contributed by atoms with Crippen LogP contribution in [0.2, 0.25) is 5.02 Å². The Labute approximate surface area is 192 Å². The molecule has 0 aromatic heterocycles. The largest absolute Gasteiger partial charge is 0.481 e. The summed E-state index contributed by atoms with van der Waals surface area (Å²) in [6, 6.07) is 5.61. The lowest BCUT2D eigenvalue weighted by Gasteiger charge is -2.36. The van der Waals surface area contributed by atoms with E-state index in [1.807, 2.05) is 0 Å². The first-order valence-corrected chi connectivity index (χ1v) is 11.2. The first kappa shape index (κ1) is 22.3. The van der Waals surface area contributed by atoms with Crippen molar-refractivity contribution in [2.45, 2.75) is 29.0 Å². The number of carboxylic acids is 1. The Morgan fingerprint density at radius 2 is 2.06 bits per heavy atom. The van der Waals surface area contributed by atoms with Crippen LogP contribution in [0.3, 0.4) is 0 Å². The molecule has 0 saturated carbocycles. The molecule has 3 saturated heterocycles. The Bertz CT molecular complexity index is 927. The van der Waals surface area contributed by atoms with Gasteiger partial charge < -0.3 is 24.7 Å². The molecule has 1 aromatic carbocycles. The summed E-state index contributed by atoms with van der Waals surface area (Å²) < 4.78 is 6.17. The lowest BCUT2D eigenvalue weighted by Crippen LogP contribution is -2.57. The average molecular weight is 514 g/mol. The molecule has 31 heavy (non-hydrogen) atoms. The highest BCUT2D eigenvalue weighted by atomic mass is 79.9. The van der Waals surface area contributed by atoms with Crippen LogP contribution in [0.4, 0.5) is 5.69 Å². The normalized spacial score (nSPS) is 33.5. The number of amides is 2. The number of hydrogen-bond donors (Lipinski definition) is 2. The van der Waals surface area contributed by atoms with Crippen LogP contribution in [0.1, 0.15) is 6.42 Å². The van der Waals surface area contributed by atoms with Crippen molar-refractivity contribution < 1.29 is 29.3 Å². The van der Waals surface area contributed by atoms with Gasteiger partial charge in [-0.1, -0.05) is 33.6 Å². The summed E-state index contributed by atoms with van der Waals surface area (Å²) in [4.78, 5) is 41.6. The molecular weight excluding hydrogens is 492 g/mol. The number of ether oxygens (including phenoxy) is 1. The van der Waals surface area contributed by atoms with Gasteiger partial charge in [-0.2, -0.15) is 0 Å². The monoisotopic (exact) mass is 512 g/mol. The second kappa shape index (κ2) is 8.20. The Kier molecular flexibility index (Phi) is 5.89. The highest BCUT2D eigenvalue weighted by molar-refractivity contribution is 9.09. The number of carboxylic acid groups (broad SMARTS) is 1. The van der Waals surface area contributed by atoms with Crippen LogP contribution >= 0.6 is 27.5 Å². The topological polar surface area (TPSA) is 107 Å². The lowest BCUT2D eigenvalue weighted by atomic mass is 9.70. The van der Waals surface area contributed by atoms with E-state index in [-0.39, 0.29) is 24.5 Å². The van der Waals surface area contributed by atoms with Crippen LogP contribution in [0.25, 0.3) is 0 Å². The standard InChI is InChI=1S/C21H22BrClN2O6/c1-2-7-24(12-5-3-11(23)4-6-12)19(28)17-21-10-13(22)16(31-21)14(20(29)30)15(21)18(27)25(17)8-9-26/h2-6,13-17,26H,1,7-10H2,(H,29,30)/t13?,14-,15+,16-,17-,21+/m1/s1. The summed E-state index contributed by atoms with van der Waals surface area (Å²) in [5, 5.41) is 19.9. The Morgan fingerprint density at radius 1 is 1.39 bits per heavy atom. The van der Waals surface area contributed by atoms with Crippen LogP contribution in [0.5, 0.6) is 0 Å². The number of aliphatic carboxylic acids is 1. The van der Waals surface area contributed by atoms with Gasteiger partial charge in [-0.15, -0.1) is 6.58 Å². The minimum absolute atomic E-state index is 0.0939. The molecule has 0 aliphatic carbocycles. The van der Waals surface area contributed by atoms with Gasteiger partial charge in [-0.25, -0.2) is 0 Å². The van der Waals surface area contributed by atoms with Crippen molar-refractivity contribution in [3.05, 3.63) is 41.9 Å². The molecule has 3 heterocycles.